The third kappa shape index (κ3) is 2.68. The first-order valence-electron chi connectivity index (χ1n) is 4.89. The number of anilines is 1. The van der Waals surface area contributed by atoms with Gasteiger partial charge in [-0.1, -0.05) is 17.7 Å². The summed E-state index contributed by atoms with van der Waals surface area (Å²) in [5, 5.41) is 6.05. The van der Waals surface area contributed by atoms with E-state index in [1.807, 2.05) is 24.3 Å². The minimum Gasteiger partial charge on any atom is -0.497 e. The van der Waals surface area contributed by atoms with Gasteiger partial charge in [-0.25, -0.2) is 0 Å². The summed E-state index contributed by atoms with van der Waals surface area (Å²) in [6, 6.07) is 9.70. The molecule has 0 bridgehead atoms. The number of hydrogen-bond donors (Lipinski definition) is 1. The summed E-state index contributed by atoms with van der Waals surface area (Å²) in [7, 11) is 1.65. The molecule has 2 aromatic rings. The molecular weight excluding hydrogens is 242 g/mol. The zero-order valence-corrected chi connectivity index (χ0v) is 10.4. The van der Waals surface area contributed by atoms with Crippen molar-refractivity contribution in [2.45, 2.75) is 6.54 Å². The summed E-state index contributed by atoms with van der Waals surface area (Å²) in [5.74, 6) is 0.804. The molecule has 4 heteroatoms. The lowest BCUT2D eigenvalue weighted by atomic mass is 10.3. The number of thiophene rings is 1. The Morgan fingerprint density at radius 3 is 2.94 bits per heavy atom. The summed E-state index contributed by atoms with van der Waals surface area (Å²) < 4.78 is 5.15. The van der Waals surface area contributed by atoms with Crippen LogP contribution in [0.4, 0.5) is 5.69 Å². The maximum atomic E-state index is 6.08. The molecule has 0 saturated carbocycles. The molecule has 0 saturated heterocycles. The first-order valence-corrected chi connectivity index (χ1v) is 6.15. The van der Waals surface area contributed by atoms with Crippen molar-refractivity contribution in [3.05, 3.63) is 45.6 Å². The van der Waals surface area contributed by atoms with Gasteiger partial charge in [0.15, 0.2) is 0 Å². The number of benzene rings is 1. The molecule has 0 amide bonds. The smallest absolute Gasteiger partial charge is 0.121 e. The van der Waals surface area contributed by atoms with Crippen LogP contribution < -0.4 is 10.1 Å². The van der Waals surface area contributed by atoms with Crippen molar-refractivity contribution in [3.8, 4) is 5.75 Å². The predicted molar refractivity (Wildman–Crippen MR) is 69.6 cm³/mol. The molecule has 1 N–H and O–H groups in total. The van der Waals surface area contributed by atoms with Crippen LogP contribution in [0.1, 0.15) is 4.88 Å². The van der Waals surface area contributed by atoms with E-state index in [9.17, 15) is 0 Å². The normalized spacial score (nSPS) is 10.1. The van der Waals surface area contributed by atoms with E-state index in [4.69, 9.17) is 16.3 Å². The highest BCUT2D eigenvalue weighted by Gasteiger charge is 2.02. The lowest BCUT2D eigenvalue weighted by Gasteiger charge is -2.09. The molecule has 0 spiro atoms. The van der Waals surface area contributed by atoms with E-state index in [-0.39, 0.29) is 0 Å². The molecule has 0 aliphatic heterocycles. The Morgan fingerprint density at radius 1 is 1.38 bits per heavy atom. The van der Waals surface area contributed by atoms with Crippen LogP contribution in [0.2, 0.25) is 5.02 Å². The summed E-state index contributed by atoms with van der Waals surface area (Å²) in [4.78, 5) is 1.28. The van der Waals surface area contributed by atoms with E-state index >= 15 is 0 Å². The van der Waals surface area contributed by atoms with Crippen molar-refractivity contribution in [2.24, 2.45) is 0 Å². The zero-order valence-electron chi connectivity index (χ0n) is 8.87. The second-order valence-electron chi connectivity index (χ2n) is 3.28. The molecule has 84 valence electrons. The molecule has 1 aromatic heterocycles. The van der Waals surface area contributed by atoms with Crippen LogP contribution in [0.15, 0.2) is 35.7 Å². The van der Waals surface area contributed by atoms with Gasteiger partial charge in [-0.15, -0.1) is 11.3 Å². The average molecular weight is 254 g/mol. The van der Waals surface area contributed by atoms with Gasteiger partial charge in [0, 0.05) is 17.5 Å². The van der Waals surface area contributed by atoms with Crippen LogP contribution in [0.5, 0.6) is 5.75 Å². The van der Waals surface area contributed by atoms with E-state index in [1.165, 1.54) is 4.88 Å². The quantitative estimate of drug-likeness (QED) is 0.889. The topological polar surface area (TPSA) is 21.3 Å². The van der Waals surface area contributed by atoms with Gasteiger partial charge in [0.1, 0.15) is 5.75 Å². The largest absolute Gasteiger partial charge is 0.497 e. The molecular formula is C12H12ClNOS. The fraction of sp³-hybridized carbons (Fsp3) is 0.167. The Bertz CT molecular complexity index is 456. The maximum Gasteiger partial charge on any atom is 0.121 e. The van der Waals surface area contributed by atoms with Gasteiger partial charge in [0.2, 0.25) is 0 Å². The zero-order chi connectivity index (χ0) is 11.4. The van der Waals surface area contributed by atoms with E-state index in [0.29, 0.717) is 5.02 Å². The summed E-state index contributed by atoms with van der Waals surface area (Å²) in [6.07, 6.45) is 0. The number of ether oxygens (including phenoxy) is 1. The number of nitrogens with one attached hydrogen (secondary N) is 1. The van der Waals surface area contributed by atoms with Gasteiger partial charge in [-0.05, 0) is 23.6 Å². The highest BCUT2D eigenvalue weighted by molar-refractivity contribution is 7.09. The van der Waals surface area contributed by atoms with Crippen molar-refractivity contribution in [1.82, 2.24) is 0 Å². The van der Waals surface area contributed by atoms with Crippen molar-refractivity contribution < 1.29 is 4.74 Å². The first kappa shape index (κ1) is 11.3. The van der Waals surface area contributed by atoms with Crippen LogP contribution >= 0.6 is 22.9 Å². The fourth-order valence-corrected chi connectivity index (χ4v) is 2.19. The summed E-state index contributed by atoms with van der Waals surface area (Å²) in [5.41, 5.74) is 0.898. The Hall–Kier alpha value is -1.19. The average Bonchev–Trinajstić information content (AvgIpc) is 2.81. The van der Waals surface area contributed by atoms with Gasteiger partial charge < -0.3 is 10.1 Å². The number of rotatable bonds is 4. The van der Waals surface area contributed by atoms with Crippen LogP contribution in [-0.2, 0) is 6.54 Å². The molecule has 1 aromatic carbocycles. The third-order valence-electron chi connectivity index (χ3n) is 2.21. The molecule has 0 aliphatic rings. The third-order valence-corrected chi connectivity index (χ3v) is 3.41. The van der Waals surface area contributed by atoms with Crippen molar-refractivity contribution in [1.29, 1.82) is 0 Å². The van der Waals surface area contributed by atoms with Crippen LogP contribution in [-0.4, -0.2) is 7.11 Å². The second-order valence-corrected chi connectivity index (χ2v) is 4.72. The molecule has 0 unspecified atom stereocenters. The predicted octanol–water partition coefficient (Wildman–Crippen LogP) is 4.02. The number of methoxy groups -OCH3 is 1. The van der Waals surface area contributed by atoms with E-state index in [2.05, 4.69) is 16.8 Å². The Kier molecular flexibility index (Phi) is 3.70. The van der Waals surface area contributed by atoms with E-state index in [1.54, 1.807) is 18.4 Å². The molecule has 0 radical (unpaired) electrons. The summed E-state index contributed by atoms with van der Waals surface area (Å²) >= 11 is 7.80. The van der Waals surface area contributed by atoms with Gasteiger partial charge in [0.25, 0.3) is 0 Å². The van der Waals surface area contributed by atoms with Crippen LogP contribution in [0.3, 0.4) is 0 Å². The minimum absolute atomic E-state index is 0.706. The monoisotopic (exact) mass is 253 g/mol. The van der Waals surface area contributed by atoms with Crippen LogP contribution in [0.25, 0.3) is 0 Å². The molecule has 2 rings (SSSR count). The maximum absolute atomic E-state index is 6.08. The number of hydrogen-bond acceptors (Lipinski definition) is 3. The Labute approximate surface area is 104 Å². The van der Waals surface area contributed by atoms with E-state index < -0.39 is 0 Å². The van der Waals surface area contributed by atoms with Crippen molar-refractivity contribution in [3.63, 3.8) is 0 Å². The minimum atomic E-state index is 0.706. The van der Waals surface area contributed by atoms with Gasteiger partial charge in [0.05, 0.1) is 17.8 Å². The van der Waals surface area contributed by atoms with Gasteiger partial charge in [-0.2, -0.15) is 0 Å². The lowest BCUT2D eigenvalue weighted by molar-refractivity contribution is 0.415. The van der Waals surface area contributed by atoms with E-state index in [0.717, 1.165) is 18.0 Å². The molecule has 2 nitrogen and oxygen atoms in total. The SMILES string of the molecule is COc1ccc(Cl)c(NCc2cccs2)c1. The molecule has 0 atom stereocenters. The highest BCUT2D eigenvalue weighted by Crippen LogP contribution is 2.27. The first-order chi connectivity index (χ1) is 7.79. The van der Waals surface area contributed by atoms with Gasteiger partial charge >= 0.3 is 0 Å². The van der Waals surface area contributed by atoms with Crippen molar-refractivity contribution in [2.75, 3.05) is 12.4 Å². The molecule has 0 aliphatic carbocycles. The Morgan fingerprint density at radius 2 is 2.25 bits per heavy atom. The molecule has 16 heavy (non-hydrogen) atoms. The van der Waals surface area contributed by atoms with Crippen LogP contribution in [0, 0.1) is 0 Å². The molecule has 1 heterocycles. The number of halogens is 1. The molecule has 0 fully saturated rings. The summed E-state index contributed by atoms with van der Waals surface area (Å²) in [6.45, 7) is 0.782. The highest BCUT2D eigenvalue weighted by atomic mass is 35.5. The fourth-order valence-electron chi connectivity index (χ4n) is 1.36. The lowest BCUT2D eigenvalue weighted by Crippen LogP contribution is -1.98. The van der Waals surface area contributed by atoms with Gasteiger partial charge in [-0.3, -0.25) is 0 Å². The second kappa shape index (κ2) is 5.23. The Balaban J connectivity index is 2.08. The van der Waals surface area contributed by atoms with Crippen molar-refractivity contribution >= 4 is 28.6 Å². The standard InChI is InChI=1S/C12H12ClNOS/c1-15-9-4-5-11(13)12(7-9)14-8-10-3-2-6-16-10/h2-7,14H,8H2,1H3.